The maximum atomic E-state index is 12.8. The molecule has 150 valence electrons. The number of Topliss-reactive ketones (excluding diaryl/α,β-unsaturated/α-hetero) is 1. The highest BCUT2D eigenvalue weighted by molar-refractivity contribution is 6.08. The molecule has 1 fully saturated rings. The number of rotatable bonds is 7. The number of allylic oxidation sites excluding steroid dienone is 3. The van der Waals surface area contributed by atoms with Gasteiger partial charge in [0.05, 0.1) is 11.8 Å². The molecule has 0 unspecified atom stereocenters. The molecule has 0 saturated carbocycles. The molecule has 3 atom stereocenters. The van der Waals surface area contributed by atoms with Crippen LogP contribution in [0, 0.1) is 29.1 Å². The van der Waals surface area contributed by atoms with Crippen molar-refractivity contribution in [2.24, 2.45) is 23.5 Å². The Hall–Kier alpha value is -2.95. The highest BCUT2D eigenvalue weighted by atomic mass is 16.5. The van der Waals surface area contributed by atoms with E-state index in [2.05, 4.69) is 0 Å². The lowest BCUT2D eigenvalue weighted by Gasteiger charge is -2.26. The van der Waals surface area contributed by atoms with Crippen LogP contribution in [-0.4, -0.2) is 41.1 Å². The van der Waals surface area contributed by atoms with Crippen molar-refractivity contribution < 1.29 is 23.9 Å². The lowest BCUT2D eigenvalue weighted by atomic mass is 9.85. The van der Waals surface area contributed by atoms with E-state index in [1.54, 1.807) is 6.07 Å². The highest BCUT2D eigenvalue weighted by Gasteiger charge is 2.51. The average Bonchev–Trinajstić information content (AvgIpc) is 2.89. The van der Waals surface area contributed by atoms with Crippen LogP contribution in [-0.2, 0) is 23.9 Å². The van der Waals surface area contributed by atoms with Crippen LogP contribution in [0.2, 0.25) is 0 Å². The van der Waals surface area contributed by atoms with Crippen LogP contribution in [0.5, 0.6) is 0 Å². The number of hydrogen-bond donors (Lipinski definition) is 1. The second-order valence-electron chi connectivity index (χ2n) is 7.55. The van der Waals surface area contributed by atoms with Gasteiger partial charge in [0.2, 0.25) is 17.6 Å². The van der Waals surface area contributed by atoms with Crippen molar-refractivity contribution in [3.63, 3.8) is 0 Å². The fourth-order valence-electron chi connectivity index (χ4n) is 3.56. The van der Waals surface area contributed by atoms with Gasteiger partial charge < -0.3 is 10.5 Å². The van der Waals surface area contributed by atoms with Crippen LogP contribution in [0.1, 0.15) is 40.0 Å². The van der Waals surface area contributed by atoms with Crippen molar-refractivity contribution in [1.82, 2.24) is 4.90 Å². The summed E-state index contributed by atoms with van der Waals surface area (Å²) in [6.45, 7) is 4.45. The smallest absolute Gasteiger partial charge is 0.329 e. The van der Waals surface area contributed by atoms with Crippen LogP contribution in [0.4, 0.5) is 0 Å². The summed E-state index contributed by atoms with van der Waals surface area (Å²) >= 11 is 0. The Labute approximate surface area is 164 Å². The number of likely N-dealkylation sites (tertiary alicyclic amines) is 1. The van der Waals surface area contributed by atoms with Gasteiger partial charge in [-0.15, -0.1) is 0 Å². The normalized spacial score (nSPS) is 23.2. The monoisotopic (exact) mass is 387 g/mol. The van der Waals surface area contributed by atoms with Gasteiger partial charge in [-0.3, -0.25) is 19.3 Å². The molecule has 2 N–H and O–H groups in total. The number of ether oxygens (including phenoxy) is 1. The van der Waals surface area contributed by atoms with E-state index in [1.165, 1.54) is 6.92 Å². The van der Waals surface area contributed by atoms with Crippen molar-refractivity contribution in [2.45, 2.75) is 46.1 Å². The summed E-state index contributed by atoms with van der Waals surface area (Å²) in [5.41, 5.74) is 5.23. The van der Waals surface area contributed by atoms with E-state index >= 15 is 0 Å². The Balaban J connectivity index is 2.17. The SMILES string of the molecule is C/C(N)=C(\C#N)C(=O)COC(=O)[C@H](CC(C)C)N1C(=O)[C@H]2CC=CC[C@H]2C1=O. The first-order valence-electron chi connectivity index (χ1n) is 9.27. The summed E-state index contributed by atoms with van der Waals surface area (Å²) < 4.78 is 5.07. The summed E-state index contributed by atoms with van der Waals surface area (Å²) in [5, 5.41) is 8.97. The zero-order valence-corrected chi connectivity index (χ0v) is 16.3. The van der Waals surface area contributed by atoms with E-state index in [0.717, 1.165) is 4.90 Å². The molecule has 8 nitrogen and oxygen atoms in total. The number of nitriles is 1. The minimum atomic E-state index is -1.09. The Morgan fingerprint density at radius 3 is 2.21 bits per heavy atom. The molecule has 8 heteroatoms. The van der Waals surface area contributed by atoms with E-state index in [9.17, 15) is 19.2 Å². The summed E-state index contributed by atoms with van der Waals surface area (Å²) in [7, 11) is 0. The van der Waals surface area contributed by atoms with E-state index in [4.69, 9.17) is 15.7 Å². The zero-order valence-electron chi connectivity index (χ0n) is 16.3. The zero-order chi connectivity index (χ0) is 21.0. The van der Waals surface area contributed by atoms with E-state index < -0.39 is 36.2 Å². The van der Waals surface area contributed by atoms with Crippen LogP contribution >= 0.6 is 0 Å². The molecule has 0 radical (unpaired) electrons. The fraction of sp³-hybridized carbons (Fsp3) is 0.550. The van der Waals surface area contributed by atoms with Crippen molar-refractivity contribution in [2.75, 3.05) is 6.61 Å². The van der Waals surface area contributed by atoms with Gasteiger partial charge in [0.1, 0.15) is 17.7 Å². The number of fused-ring (bicyclic) bond motifs is 1. The van der Waals surface area contributed by atoms with Gasteiger partial charge in [-0.05, 0) is 32.1 Å². The average molecular weight is 387 g/mol. The van der Waals surface area contributed by atoms with Crippen molar-refractivity contribution >= 4 is 23.6 Å². The number of hydrogen-bond acceptors (Lipinski definition) is 7. The Kier molecular flexibility index (Phi) is 6.73. The van der Waals surface area contributed by atoms with E-state index in [0.29, 0.717) is 12.8 Å². The Bertz CT molecular complexity index is 760. The number of nitrogens with zero attached hydrogens (tertiary/aromatic N) is 2. The number of amides is 2. The largest absolute Gasteiger partial charge is 0.456 e. The second kappa shape index (κ2) is 8.83. The highest BCUT2D eigenvalue weighted by Crippen LogP contribution is 2.37. The molecule has 1 heterocycles. The van der Waals surface area contributed by atoms with Gasteiger partial charge in [0.25, 0.3) is 0 Å². The first-order valence-corrected chi connectivity index (χ1v) is 9.27. The standard InChI is InChI=1S/C20H25N3O5/c1-11(2)8-16(20(27)28-10-17(24)15(9-21)12(3)22)23-18(25)13-6-4-5-7-14(13)19(23)26/h4-5,11,13-14,16H,6-8,10,22H2,1-3H3/b15-12-/t13-,14+,16-/m0/s1. The van der Waals surface area contributed by atoms with E-state index in [1.807, 2.05) is 26.0 Å². The fourth-order valence-corrected chi connectivity index (χ4v) is 3.56. The first kappa shape index (κ1) is 21.4. The van der Waals surface area contributed by atoms with Crippen LogP contribution in [0.15, 0.2) is 23.4 Å². The number of carbonyl (C=O) groups excluding carboxylic acids is 4. The molecule has 2 rings (SSSR count). The van der Waals surface area contributed by atoms with Crippen LogP contribution < -0.4 is 5.73 Å². The van der Waals surface area contributed by atoms with Crippen molar-refractivity contribution in [3.05, 3.63) is 23.4 Å². The molecular formula is C20H25N3O5. The molecule has 1 saturated heterocycles. The number of ketones is 1. The van der Waals surface area contributed by atoms with Gasteiger partial charge in [0, 0.05) is 5.70 Å². The lowest BCUT2D eigenvalue weighted by Crippen LogP contribution is -2.47. The molecule has 0 aromatic rings. The predicted molar refractivity (Wildman–Crippen MR) is 98.9 cm³/mol. The van der Waals surface area contributed by atoms with Gasteiger partial charge in [-0.2, -0.15) is 5.26 Å². The molecule has 0 aromatic carbocycles. The van der Waals surface area contributed by atoms with Crippen LogP contribution in [0.25, 0.3) is 0 Å². The number of esters is 1. The van der Waals surface area contributed by atoms with Crippen molar-refractivity contribution in [1.29, 1.82) is 5.26 Å². The maximum Gasteiger partial charge on any atom is 0.329 e. The van der Waals surface area contributed by atoms with E-state index in [-0.39, 0.29) is 35.4 Å². The summed E-state index contributed by atoms with van der Waals surface area (Å²) in [6, 6.07) is 0.587. The molecule has 28 heavy (non-hydrogen) atoms. The number of nitrogens with two attached hydrogens (primary N) is 1. The molecule has 0 bridgehead atoms. The minimum absolute atomic E-state index is 0.00968. The van der Waals surface area contributed by atoms with Crippen molar-refractivity contribution in [3.8, 4) is 6.07 Å². The third-order valence-corrected chi connectivity index (χ3v) is 4.95. The van der Waals surface area contributed by atoms with Gasteiger partial charge in [-0.25, -0.2) is 4.79 Å². The number of imide groups is 1. The molecular weight excluding hydrogens is 362 g/mol. The first-order chi connectivity index (χ1) is 13.2. The molecule has 1 aliphatic carbocycles. The summed E-state index contributed by atoms with van der Waals surface area (Å²) in [6.07, 6.45) is 4.91. The lowest BCUT2D eigenvalue weighted by molar-refractivity contribution is -0.160. The Morgan fingerprint density at radius 1 is 1.25 bits per heavy atom. The summed E-state index contributed by atoms with van der Waals surface area (Å²) in [4.78, 5) is 51.3. The minimum Gasteiger partial charge on any atom is -0.456 e. The predicted octanol–water partition coefficient (Wildman–Crippen LogP) is 1.22. The van der Waals surface area contributed by atoms with Gasteiger partial charge in [0.15, 0.2) is 6.61 Å². The molecule has 1 aliphatic heterocycles. The van der Waals surface area contributed by atoms with Crippen LogP contribution in [0.3, 0.4) is 0 Å². The quantitative estimate of drug-likeness (QED) is 0.228. The topological polar surface area (TPSA) is 131 Å². The third-order valence-electron chi connectivity index (χ3n) is 4.95. The molecule has 0 aromatic heterocycles. The third kappa shape index (κ3) is 4.30. The van der Waals surface area contributed by atoms with Gasteiger partial charge >= 0.3 is 5.97 Å². The molecule has 2 aliphatic rings. The van der Waals surface area contributed by atoms with Gasteiger partial charge in [-0.1, -0.05) is 26.0 Å². The maximum absolute atomic E-state index is 12.8. The Morgan fingerprint density at radius 2 is 1.79 bits per heavy atom. The molecule has 2 amide bonds. The second-order valence-corrected chi connectivity index (χ2v) is 7.55. The summed E-state index contributed by atoms with van der Waals surface area (Å²) in [5.74, 6) is -3.19. The number of carbonyl (C=O) groups is 4. The molecule has 0 spiro atoms.